The fourth-order valence-electron chi connectivity index (χ4n) is 1.48. The third-order valence-electron chi connectivity index (χ3n) is 3.07. The van der Waals surface area contributed by atoms with Gasteiger partial charge in [0.15, 0.2) is 0 Å². The molecule has 0 aromatic rings. The van der Waals surface area contributed by atoms with Crippen LogP contribution in [0, 0.1) is 0 Å². The maximum Gasteiger partial charge on any atom is 0.104 e. The summed E-state index contributed by atoms with van der Waals surface area (Å²) in [5.41, 5.74) is 2.85. The van der Waals surface area contributed by atoms with Crippen LogP contribution in [0.5, 0.6) is 0 Å². The Kier molecular flexibility index (Phi) is 8.43. The molecule has 0 aliphatic carbocycles. The Hall–Kier alpha value is -1.12. The van der Waals surface area contributed by atoms with Crippen LogP contribution in [0.3, 0.4) is 0 Å². The topological polar surface area (TPSA) is 29.5 Å². The summed E-state index contributed by atoms with van der Waals surface area (Å²) in [5.74, 6) is 0. The largest absolute Gasteiger partial charge is 0.387 e. The van der Waals surface area contributed by atoms with E-state index in [4.69, 9.17) is 4.74 Å². The van der Waals surface area contributed by atoms with Gasteiger partial charge in [0.25, 0.3) is 0 Å². The van der Waals surface area contributed by atoms with Crippen molar-refractivity contribution in [2.45, 2.75) is 60.2 Å². The van der Waals surface area contributed by atoms with E-state index in [2.05, 4.69) is 32.9 Å². The first-order chi connectivity index (χ1) is 9.18. The number of hydrogen-bond acceptors (Lipinski definition) is 2. The van der Waals surface area contributed by atoms with Crippen molar-refractivity contribution >= 4 is 0 Å². The van der Waals surface area contributed by atoms with Crippen LogP contribution in [0.15, 0.2) is 47.1 Å². The average Bonchev–Trinajstić information content (AvgIpc) is 2.32. The zero-order valence-corrected chi connectivity index (χ0v) is 14.0. The number of rotatable bonds is 7. The lowest BCUT2D eigenvalue weighted by Gasteiger charge is -2.26. The number of hydrogen-bond donors (Lipinski definition) is 1. The summed E-state index contributed by atoms with van der Waals surface area (Å²) in [4.78, 5) is 0. The molecule has 20 heavy (non-hydrogen) atoms. The van der Waals surface area contributed by atoms with E-state index >= 15 is 0 Å². The van der Waals surface area contributed by atoms with Crippen LogP contribution in [0.4, 0.5) is 0 Å². The molecule has 0 aromatic carbocycles. The van der Waals surface area contributed by atoms with Gasteiger partial charge in [-0.2, -0.15) is 0 Å². The van der Waals surface area contributed by atoms with Crippen molar-refractivity contribution < 1.29 is 9.84 Å². The first-order valence-electron chi connectivity index (χ1n) is 7.19. The molecule has 0 amide bonds. The molecule has 1 N–H and O–H groups in total. The van der Waals surface area contributed by atoms with E-state index in [0.29, 0.717) is 6.61 Å². The molecule has 0 aliphatic rings. The van der Waals surface area contributed by atoms with E-state index in [1.165, 1.54) is 11.1 Å². The van der Waals surface area contributed by atoms with Gasteiger partial charge in [-0.1, -0.05) is 47.1 Å². The van der Waals surface area contributed by atoms with Crippen molar-refractivity contribution in [3.05, 3.63) is 47.1 Å². The highest BCUT2D eigenvalue weighted by molar-refractivity contribution is 5.28. The minimum Gasteiger partial charge on any atom is -0.387 e. The quantitative estimate of drug-likeness (QED) is 0.691. The molecular formula is C18H30O2. The van der Waals surface area contributed by atoms with Crippen LogP contribution in [0.25, 0.3) is 0 Å². The molecule has 114 valence electrons. The van der Waals surface area contributed by atoms with Gasteiger partial charge in [-0.3, -0.25) is 0 Å². The SMILES string of the molecule is CCOC(/C=C/C(C)=C/C=C/C(C)=C(C)C)C(C)(C)O. The molecule has 2 nitrogen and oxygen atoms in total. The van der Waals surface area contributed by atoms with E-state index in [1.54, 1.807) is 13.8 Å². The highest BCUT2D eigenvalue weighted by Crippen LogP contribution is 2.15. The predicted octanol–water partition coefficient (Wildman–Crippen LogP) is 4.58. The van der Waals surface area contributed by atoms with Crippen LogP contribution in [-0.2, 0) is 4.74 Å². The second-order valence-electron chi connectivity index (χ2n) is 5.84. The van der Waals surface area contributed by atoms with Crippen molar-refractivity contribution in [1.29, 1.82) is 0 Å². The van der Waals surface area contributed by atoms with Gasteiger partial charge in [0.2, 0.25) is 0 Å². The Labute approximate surface area is 124 Å². The van der Waals surface area contributed by atoms with Gasteiger partial charge in [-0.25, -0.2) is 0 Å². The lowest BCUT2D eigenvalue weighted by Crippen LogP contribution is -2.36. The number of aliphatic hydroxyl groups is 1. The molecule has 0 saturated heterocycles. The van der Waals surface area contributed by atoms with Gasteiger partial charge in [0.1, 0.15) is 6.10 Å². The van der Waals surface area contributed by atoms with Gasteiger partial charge < -0.3 is 9.84 Å². The fourth-order valence-corrected chi connectivity index (χ4v) is 1.48. The van der Waals surface area contributed by atoms with Crippen molar-refractivity contribution in [2.24, 2.45) is 0 Å². The first kappa shape index (κ1) is 18.9. The van der Waals surface area contributed by atoms with E-state index in [-0.39, 0.29) is 6.10 Å². The molecule has 1 atom stereocenters. The van der Waals surface area contributed by atoms with E-state index < -0.39 is 5.60 Å². The summed E-state index contributed by atoms with van der Waals surface area (Å²) in [6.07, 6.45) is 9.80. The van der Waals surface area contributed by atoms with Crippen molar-refractivity contribution in [3.8, 4) is 0 Å². The van der Waals surface area contributed by atoms with Crippen LogP contribution in [-0.4, -0.2) is 23.4 Å². The van der Waals surface area contributed by atoms with Crippen LogP contribution >= 0.6 is 0 Å². The molecule has 0 radical (unpaired) electrons. The highest BCUT2D eigenvalue weighted by Gasteiger charge is 2.24. The summed E-state index contributed by atoms with van der Waals surface area (Å²) in [7, 11) is 0. The normalized spacial score (nSPS) is 15.1. The minimum absolute atomic E-state index is 0.292. The summed E-state index contributed by atoms with van der Waals surface area (Å²) in [6.45, 7) is 14.4. The van der Waals surface area contributed by atoms with Gasteiger partial charge >= 0.3 is 0 Å². The number of ether oxygens (including phenoxy) is 1. The lowest BCUT2D eigenvalue weighted by molar-refractivity contribution is -0.0597. The van der Waals surface area contributed by atoms with Crippen LogP contribution in [0.2, 0.25) is 0 Å². The second-order valence-corrected chi connectivity index (χ2v) is 5.84. The van der Waals surface area contributed by atoms with E-state index in [0.717, 1.165) is 5.57 Å². The summed E-state index contributed by atoms with van der Waals surface area (Å²) in [6, 6.07) is 0. The Morgan fingerprint density at radius 1 is 1.15 bits per heavy atom. The molecule has 0 bridgehead atoms. The molecule has 0 rings (SSSR count). The van der Waals surface area contributed by atoms with Gasteiger partial charge in [0, 0.05) is 6.61 Å². The standard InChI is InChI=1S/C18H30O2/c1-8-20-17(18(6,7)19)13-12-15(4)10-9-11-16(5)14(2)3/h9-13,17,19H,8H2,1-7H3/b11-9+,13-12+,15-10+. The van der Waals surface area contributed by atoms with Crippen molar-refractivity contribution in [2.75, 3.05) is 6.61 Å². The second kappa shape index (κ2) is 8.93. The van der Waals surface area contributed by atoms with E-state index in [9.17, 15) is 5.11 Å². The first-order valence-corrected chi connectivity index (χ1v) is 7.19. The molecular weight excluding hydrogens is 248 g/mol. The fraction of sp³-hybridized carbons (Fsp3) is 0.556. The maximum absolute atomic E-state index is 10.0. The Balaban J connectivity index is 4.76. The smallest absolute Gasteiger partial charge is 0.104 e. The minimum atomic E-state index is -0.874. The Morgan fingerprint density at radius 2 is 1.75 bits per heavy atom. The van der Waals surface area contributed by atoms with Gasteiger partial charge in [-0.05, 0) is 48.5 Å². The monoisotopic (exact) mass is 278 g/mol. The number of allylic oxidation sites excluding steroid dienone is 7. The molecule has 0 saturated carbocycles. The molecule has 0 aliphatic heterocycles. The third-order valence-corrected chi connectivity index (χ3v) is 3.07. The summed E-state index contributed by atoms with van der Waals surface area (Å²) in [5, 5.41) is 10.0. The zero-order valence-electron chi connectivity index (χ0n) is 14.0. The summed E-state index contributed by atoms with van der Waals surface area (Å²) >= 11 is 0. The van der Waals surface area contributed by atoms with Crippen molar-refractivity contribution in [1.82, 2.24) is 0 Å². The third kappa shape index (κ3) is 8.13. The molecule has 0 heterocycles. The highest BCUT2D eigenvalue weighted by atomic mass is 16.5. The summed E-state index contributed by atoms with van der Waals surface area (Å²) < 4.78 is 5.54. The Bertz CT molecular complexity index is 400. The van der Waals surface area contributed by atoms with E-state index in [1.807, 2.05) is 32.1 Å². The molecule has 0 aromatic heterocycles. The Morgan fingerprint density at radius 3 is 2.20 bits per heavy atom. The zero-order chi connectivity index (χ0) is 15.8. The van der Waals surface area contributed by atoms with Crippen LogP contribution < -0.4 is 0 Å². The molecule has 0 fully saturated rings. The molecule has 2 heteroatoms. The van der Waals surface area contributed by atoms with Gasteiger partial charge in [0.05, 0.1) is 5.60 Å². The molecule has 0 spiro atoms. The maximum atomic E-state index is 10.0. The predicted molar refractivity (Wildman–Crippen MR) is 87.8 cm³/mol. The van der Waals surface area contributed by atoms with Crippen LogP contribution in [0.1, 0.15) is 48.5 Å². The molecule has 1 unspecified atom stereocenters. The average molecular weight is 278 g/mol. The lowest BCUT2D eigenvalue weighted by atomic mass is 10.0. The van der Waals surface area contributed by atoms with Gasteiger partial charge in [-0.15, -0.1) is 0 Å². The van der Waals surface area contributed by atoms with Crippen molar-refractivity contribution in [3.63, 3.8) is 0 Å².